The molecule has 104 valence electrons. The van der Waals surface area contributed by atoms with Gasteiger partial charge in [0.05, 0.1) is 5.56 Å². The quantitative estimate of drug-likeness (QED) is 0.561. The summed E-state index contributed by atoms with van der Waals surface area (Å²) in [5.74, 6) is -1.29. The van der Waals surface area contributed by atoms with Crippen LogP contribution in [0.3, 0.4) is 0 Å². The Hall–Kier alpha value is -1.69. The summed E-state index contributed by atoms with van der Waals surface area (Å²) in [6.07, 6.45) is -4.57. The number of rotatable bonds is 2. The third kappa shape index (κ3) is 3.07. The summed E-state index contributed by atoms with van der Waals surface area (Å²) in [7, 11) is 0. The Balaban J connectivity index is 2.46. The van der Waals surface area contributed by atoms with Crippen LogP contribution in [0, 0.1) is 5.82 Å². The summed E-state index contributed by atoms with van der Waals surface area (Å²) in [6.45, 7) is 0. The van der Waals surface area contributed by atoms with E-state index in [4.69, 9.17) is 0 Å². The van der Waals surface area contributed by atoms with Crippen molar-refractivity contribution in [3.63, 3.8) is 0 Å². The van der Waals surface area contributed by atoms with Crippen molar-refractivity contribution < 1.29 is 22.4 Å². The van der Waals surface area contributed by atoms with Crippen LogP contribution in [0.15, 0.2) is 46.9 Å². The van der Waals surface area contributed by atoms with E-state index >= 15 is 0 Å². The van der Waals surface area contributed by atoms with Crippen molar-refractivity contribution in [3.8, 4) is 0 Å². The van der Waals surface area contributed by atoms with E-state index < -0.39 is 23.3 Å². The molecule has 0 N–H and O–H groups in total. The van der Waals surface area contributed by atoms with E-state index in [0.717, 1.165) is 24.3 Å². The van der Waals surface area contributed by atoms with Gasteiger partial charge in [0.25, 0.3) is 0 Å². The molecule has 20 heavy (non-hydrogen) atoms. The van der Waals surface area contributed by atoms with Gasteiger partial charge in [0.2, 0.25) is 0 Å². The molecule has 0 unspecified atom stereocenters. The Morgan fingerprint density at radius 2 is 1.65 bits per heavy atom. The van der Waals surface area contributed by atoms with Gasteiger partial charge in [-0.05, 0) is 30.3 Å². The number of ketones is 1. The van der Waals surface area contributed by atoms with E-state index in [9.17, 15) is 22.4 Å². The van der Waals surface area contributed by atoms with Gasteiger partial charge in [-0.3, -0.25) is 4.79 Å². The van der Waals surface area contributed by atoms with Gasteiger partial charge < -0.3 is 0 Å². The number of halogens is 5. The highest BCUT2D eigenvalue weighted by Crippen LogP contribution is 2.35. The summed E-state index contributed by atoms with van der Waals surface area (Å²) in [4.78, 5) is 12.0. The monoisotopic (exact) mass is 346 g/mol. The summed E-state index contributed by atoms with van der Waals surface area (Å²) < 4.78 is 51.2. The number of benzene rings is 2. The Morgan fingerprint density at radius 1 is 1.00 bits per heavy atom. The molecule has 0 amide bonds. The number of carbonyl (C=O) groups is 1. The number of hydrogen-bond acceptors (Lipinski definition) is 1. The predicted octanol–water partition coefficient (Wildman–Crippen LogP) is 4.84. The Kier molecular flexibility index (Phi) is 3.94. The van der Waals surface area contributed by atoms with Crippen LogP contribution in [0.1, 0.15) is 21.5 Å². The molecule has 0 spiro atoms. The maximum atomic E-state index is 13.0. The predicted molar refractivity (Wildman–Crippen MR) is 69.0 cm³/mol. The van der Waals surface area contributed by atoms with E-state index in [1.807, 2.05) is 0 Å². The van der Waals surface area contributed by atoms with Gasteiger partial charge >= 0.3 is 6.18 Å². The Morgan fingerprint density at radius 3 is 2.25 bits per heavy atom. The molecule has 0 bridgehead atoms. The second-order valence-electron chi connectivity index (χ2n) is 4.03. The van der Waals surface area contributed by atoms with Gasteiger partial charge in [-0.1, -0.05) is 28.1 Å². The van der Waals surface area contributed by atoms with Gasteiger partial charge in [-0.15, -0.1) is 0 Å². The molecule has 0 saturated heterocycles. The lowest BCUT2D eigenvalue weighted by Crippen LogP contribution is -2.09. The van der Waals surface area contributed by atoms with Gasteiger partial charge in [-0.25, -0.2) is 4.39 Å². The summed E-state index contributed by atoms with van der Waals surface area (Å²) >= 11 is 2.79. The maximum absolute atomic E-state index is 13.0. The van der Waals surface area contributed by atoms with Crippen LogP contribution in [0.2, 0.25) is 0 Å². The minimum Gasteiger partial charge on any atom is -0.289 e. The van der Waals surface area contributed by atoms with Crippen LogP contribution < -0.4 is 0 Å². The molecule has 2 aromatic rings. The molecule has 0 aliphatic rings. The van der Waals surface area contributed by atoms with Crippen molar-refractivity contribution in [3.05, 3.63) is 69.4 Å². The van der Waals surface area contributed by atoms with Crippen LogP contribution >= 0.6 is 15.9 Å². The summed E-state index contributed by atoms with van der Waals surface area (Å²) in [6, 6.07) is 7.96. The van der Waals surface area contributed by atoms with Crippen molar-refractivity contribution in [2.45, 2.75) is 6.18 Å². The highest BCUT2D eigenvalue weighted by molar-refractivity contribution is 9.10. The second kappa shape index (κ2) is 5.36. The normalized spacial score (nSPS) is 11.4. The molecule has 0 aliphatic heterocycles. The van der Waals surface area contributed by atoms with Gasteiger partial charge in [0, 0.05) is 15.6 Å². The fourth-order valence-corrected chi connectivity index (χ4v) is 2.15. The molecule has 0 atom stereocenters. The first-order chi connectivity index (χ1) is 9.29. The van der Waals surface area contributed by atoms with Gasteiger partial charge in [-0.2, -0.15) is 13.2 Å². The fourth-order valence-electron chi connectivity index (χ4n) is 1.68. The largest absolute Gasteiger partial charge is 0.417 e. The third-order valence-corrected chi connectivity index (χ3v) is 3.31. The van der Waals surface area contributed by atoms with Crippen molar-refractivity contribution in [2.24, 2.45) is 0 Å². The average molecular weight is 347 g/mol. The van der Waals surface area contributed by atoms with E-state index in [0.29, 0.717) is 0 Å². The first kappa shape index (κ1) is 14.7. The fraction of sp³-hybridized carbons (Fsp3) is 0.0714. The minimum absolute atomic E-state index is 0.000414. The molecular weight excluding hydrogens is 340 g/mol. The molecular formula is C14H7BrF4O. The molecule has 1 nitrogen and oxygen atoms in total. The highest BCUT2D eigenvalue weighted by atomic mass is 79.9. The van der Waals surface area contributed by atoms with Crippen molar-refractivity contribution >= 4 is 21.7 Å². The number of alkyl halides is 3. The zero-order valence-corrected chi connectivity index (χ0v) is 11.4. The van der Waals surface area contributed by atoms with E-state index in [1.54, 1.807) is 0 Å². The van der Waals surface area contributed by atoms with E-state index in [1.165, 1.54) is 18.2 Å². The van der Waals surface area contributed by atoms with Crippen molar-refractivity contribution in [2.75, 3.05) is 0 Å². The van der Waals surface area contributed by atoms with Gasteiger partial charge in [0.1, 0.15) is 5.82 Å². The molecule has 0 aliphatic carbocycles. The average Bonchev–Trinajstić information content (AvgIpc) is 2.37. The molecule has 2 rings (SSSR count). The third-order valence-electron chi connectivity index (χ3n) is 2.62. The summed E-state index contributed by atoms with van der Waals surface area (Å²) in [5, 5.41) is 0. The lowest BCUT2D eigenvalue weighted by atomic mass is 10.0. The molecule has 0 fully saturated rings. The van der Waals surface area contributed by atoms with Crippen LogP contribution in [-0.4, -0.2) is 5.78 Å². The first-order valence-electron chi connectivity index (χ1n) is 5.46. The number of carbonyl (C=O) groups excluding carboxylic acids is 1. The zero-order valence-electron chi connectivity index (χ0n) is 9.84. The molecule has 2 aromatic carbocycles. The molecule has 0 saturated carbocycles. The first-order valence-corrected chi connectivity index (χ1v) is 6.25. The van der Waals surface area contributed by atoms with Crippen molar-refractivity contribution in [1.29, 1.82) is 0 Å². The van der Waals surface area contributed by atoms with Crippen LogP contribution in [0.4, 0.5) is 17.6 Å². The minimum atomic E-state index is -4.57. The van der Waals surface area contributed by atoms with Crippen molar-refractivity contribution in [1.82, 2.24) is 0 Å². The molecule has 0 aromatic heterocycles. The molecule has 6 heteroatoms. The topological polar surface area (TPSA) is 17.1 Å². The highest BCUT2D eigenvalue weighted by Gasteiger charge is 2.33. The van der Waals surface area contributed by atoms with Gasteiger partial charge in [0.15, 0.2) is 5.78 Å². The van der Waals surface area contributed by atoms with Crippen LogP contribution in [0.5, 0.6) is 0 Å². The zero-order chi connectivity index (χ0) is 14.9. The van der Waals surface area contributed by atoms with Crippen LogP contribution in [-0.2, 0) is 6.18 Å². The number of hydrogen-bond donors (Lipinski definition) is 0. The standard InChI is InChI=1S/C14H7BrF4O/c15-12-5-4-9(7-11(12)14(17,18)19)13(20)8-2-1-3-10(16)6-8/h1-7H. The molecule has 0 heterocycles. The lowest BCUT2D eigenvalue weighted by molar-refractivity contribution is -0.138. The Bertz CT molecular complexity index is 664. The lowest BCUT2D eigenvalue weighted by Gasteiger charge is -2.10. The second-order valence-corrected chi connectivity index (χ2v) is 4.89. The van der Waals surface area contributed by atoms with E-state index in [2.05, 4.69) is 15.9 Å². The SMILES string of the molecule is O=C(c1cccc(F)c1)c1ccc(Br)c(C(F)(F)F)c1. The summed E-state index contributed by atoms with van der Waals surface area (Å²) in [5.41, 5.74) is -1.09. The van der Waals surface area contributed by atoms with Crippen LogP contribution in [0.25, 0.3) is 0 Å². The molecule has 0 radical (unpaired) electrons. The maximum Gasteiger partial charge on any atom is 0.417 e. The Labute approximate surface area is 120 Å². The smallest absolute Gasteiger partial charge is 0.289 e. The van der Waals surface area contributed by atoms with E-state index in [-0.39, 0.29) is 15.6 Å².